The van der Waals surface area contributed by atoms with Gasteiger partial charge in [-0.15, -0.1) is 0 Å². The standard InChI is InChI=1S/C9H10N2O/c1-11-9(10)8(12)7-5-3-2-4-6-7/h2-6H,1H3,(H2,10,11). The van der Waals surface area contributed by atoms with E-state index in [0.717, 1.165) is 0 Å². The van der Waals surface area contributed by atoms with Crippen LogP contribution in [0.25, 0.3) is 0 Å². The molecule has 1 rings (SSSR count). The van der Waals surface area contributed by atoms with Crippen LogP contribution in [0.4, 0.5) is 0 Å². The molecule has 0 aromatic heterocycles. The van der Waals surface area contributed by atoms with Gasteiger partial charge in [-0.2, -0.15) is 0 Å². The average Bonchev–Trinajstić information content (AvgIpc) is 2.17. The van der Waals surface area contributed by atoms with Gasteiger partial charge >= 0.3 is 0 Å². The molecular weight excluding hydrogens is 152 g/mol. The highest BCUT2D eigenvalue weighted by atomic mass is 16.1. The highest BCUT2D eigenvalue weighted by Crippen LogP contribution is 1.99. The van der Waals surface area contributed by atoms with Gasteiger partial charge in [-0.1, -0.05) is 30.3 Å². The first-order valence-corrected chi connectivity index (χ1v) is 3.57. The Labute approximate surface area is 70.9 Å². The van der Waals surface area contributed by atoms with E-state index in [1.165, 1.54) is 7.05 Å². The summed E-state index contributed by atoms with van der Waals surface area (Å²) in [5.41, 5.74) is 5.92. The van der Waals surface area contributed by atoms with Gasteiger partial charge in [0.2, 0.25) is 5.78 Å². The van der Waals surface area contributed by atoms with Crippen molar-refractivity contribution in [1.82, 2.24) is 0 Å². The van der Waals surface area contributed by atoms with Gasteiger partial charge < -0.3 is 5.73 Å². The molecule has 0 saturated carbocycles. The minimum Gasteiger partial charge on any atom is -0.381 e. The molecule has 0 unspecified atom stereocenters. The van der Waals surface area contributed by atoms with E-state index in [1.807, 2.05) is 6.07 Å². The predicted molar refractivity (Wildman–Crippen MR) is 48.3 cm³/mol. The van der Waals surface area contributed by atoms with E-state index in [2.05, 4.69) is 4.99 Å². The summed E-state index contributed by atoms with van der Waals surface area (Å²) in [6.07, 6.45) is 0. The van der Waals surface area contributed by atoms with E-state index in [0.29, 0.717) is 5.56 Å². The van der Waals surface area contributed by atoms with E-state index >= 15 is 0 Å². The van der Waals surface area contributed by atoms with Gasteiger partial charge in [-0.3, -0.25) is 9.79 Å². The van der Waals surface area contributed by atoms with Crippen molar-refractivity contribution in [3.8, 4) is 0 Å². The first kappa shape index (κ1) is 8.46. The molecule has 3 heteroatoms. The average molecular weight is 162 g/mol. The maximum Gasteiger partial charge on any atom is 0.227 e. The lowest BCUT2D eigenvalue weighted by atomic mass is 10.1. The second-order valence-corrected chi connectivity index (χ2v) is 2.30. The zero-order chi connectivity index (χ0) is 8.97. The van der Waals surface area contributed by atoms with Crippen molar-refractivity contribution in [2.75, 3.05) is 7.05 Å². The van der Waals surface area contributed by atoms with Crippen LogP contribution in [0.5, 0.6) is 0 Å². The predicted octanol–water partition coefficient (Wildman–Crippen LogP) is 0.856. The van der Waals surface area contributed by atoms with E-state index in [-0.39, 0.29) is 11.6 Å². The molecule has 0 bridgehead atoms. The summed E-state index contributed by atoms with van der Waals surface area (Å²) >= 11 is 0. The van der Waals surface area contributed by atoms with Gasteiger partial charge in [-0.25, -0.2) is 0 Å². The Morgan fingerprint density at radius 2 is 1.92 bits per heavy atom. The molecule has 0 amide bonds. The largest absolute Gasteiger partial charge is 0.381 e. The Morgan fingerprint density at radius 1 is 1.33 bits per heavy atom. The minimum absolute atomic E-state index is 0.0428. The first-order chi connectivity index (χ1) is 5.75. The quantitative estimate of drug-likeness (QED) is 0.398. The Bertz CT molecular complexity index is 304. The number of hydrogen-bond acceptors (Lipinski definition) is 2. The van der Waals surface area contributed by atoms with Gasteiger partial charge in [0, 0.05) is 12.6 Å². The lowest BCUT2D eigenvalue weighted by Crippen LogP contribution is -2.23. The summed E-state index contributed by atoms with van der Waals surface area (Å²) in [6, 6.07) is 8.84. The van der Waals surface area contributed by atoms with Crippen molar-refractivity contribution in [2.24, 2.45) is 10.7 Å². The Morgan fingerprint density at radius 3 is 2.42 bits per heavy atom. The molecule has 1 aromatic carbocycles. The summed E-state index contributed by atoms with van der Waals surface area (Å²) in [5, 5.41) is 0. The molecule has 0 aliphatic heterocycles. The summed E-state index contributed by atoms with van der Waals surface area (Å²) in [5.74, 6) is -0.181. The summed E-state index contributed by atoms with van der Waals surface area (Å²) in [7, 11) is 1.50. The number of benzene rings is 1. The van der Waals surface area contributed by atoms with Gasteiger partial charge in [0.25, 0.3) is 0 Å². The third kappa shape index (κ3) is 1.69. The van der Waals surface area contributed by atoms with Gasteiger partial charge in [0.05, 0.1) is 0 Å². The molecule has 0 saturated heterocycles. The van der Waals surface area contributed by atoms with Crippen LogP contribution in [0.1, 0.15) is 10.4 Å². The van der Waals surface area contributed by atoms with Crippen LogP contribution >= 0.6 is 0 Å². The maximum atomic E-state index is 11.3. The van der Waals surface area contributed by atoms with Gasteiger partial charge in [0.1, 0.15) is 0 Å². The molecule has 0 heterocycles. The number of nitrogens with zero attached hydrogens (tertiary/aromatic N) is 1. The topological polar surface area (TPSA) is 55.4 Å². The number of Topliss-reactive ketones (excluding diaryl/α,β-unsaturated/α-hetero) is 1. The Kier molecular flexibility index (Phi) is 2.58. The molecule has 0 spiro atoms. The fourth-order valence-corrected chi connectivity index (χ4v) is 0.839. The normalized spacial score (nSPS) is 11.2. The van der Waals surface area contributed by atoms with E-state index in [1.54, 1.807) is 24.3 Å². The monoisotopic (exact) mass is 162 g/mol. The molecule has 2 N–H and O–H groups in total. The Hall–Kier alpha value is -1.64. The summed E-state index contributed by atoms with van der Waals surface area (Å²) in [6.45, 7) is 0. The van der Waals surface area contributed by atoms with E-state index < -0.39 is 0 Å². The molecule has 0 atom stereocenters. The van der Waals surface area contributed by atoms with Crippen molar-refractivity contribution in [3.05, 3.63) is 35.9 Å². The van der Waals surface area contributed by atoms with Crippen LogP contribution in [0.3, 0.4) is 0 Å². The number of amidine groups is 1. The molecule has 3 nitrogen and oxygen atoms in total. The fraction of sp³-hybridized carbons (Fsp3) is 0.111. The van der Waals surface area contributed by atoms with E-state index in [4.69, 9.17) is 5.73 Å². The van der Waals surface area contributed by atoms with Crippen LogP contribution in [0.15, 0.2) is 35.3 Å². The smallest absolute Gasteiger partial charge is 0.227 e. The Balaban J connectivity index is 2.94. The van der Waals surface area contributed by atoms with E-state index in [9.17, 15) is 4.79 Å². The van der Waals surface area contributed by atoms with Crippen LogP contribution in [0.2, 0.25) is 0 Å². The number of nitrogens with two attached hydrogens (primary N) is 1. The molecule has 62 valence electrons. The highest BCUT2D eigenvalue weighted by Gasteiger charge is 2.07. The number of ketones is 1. The van der Waals surface area contributed by atoms with Crippen LogP contribution in [-0.2, 0) is 0 Å². The maximum absolute atomic E-state index is 11.3. The van der Waals surface area contributed by atoms with Gasteiger partial charge in [-0.05, 0) is 0 Å². The van der Waals surface area contributed by atoms with Crippen molar-refractivity contribution < 1.29 is 4.79 Å². The third-order valence-corrected chi connectivity index (χ3v) is 1.51. The van der Waals surface area contributed by atoms with Crippen LogP contribution in [0, 0.1) is 0 Å². The van der Waals surface area contributed by atoms with Crippen molar-refractivity contribution in [3.63, 3.8) is 0 Å². The minimum atomic E-state index is -0.224. The molecule has 0 radical (unpaired) electrons. The lowest BCUT2D eigenvalue weighted by Gasteiger charge is -1.97. The van der Waals surface area contributed by atoms with Crippen molar-refractivity contribution in [2.45, 2.75) is 0 Å². The molecule has 12 heavy (non-hydrogen) atoms. The second kappa shape index (κ2) is 3.67. The molecule has 0 aliphatic rings. The van der Waals surface area contributed by atoms with Crippen molar-refractivity contribution >= 4 is 11.6 Å². The molecule has 0 aliphatic carbocycles. The van der Waals surface area contributed by atoms with Crippen molar-refractivity contribution in [1.29, 1.82) is 0 Å². The zero-order valence-corrected chi connectivity index (χ0v) is 6.82. The van der Waals surface area contributed by atoms with Gasteiger partial charge in [0.15, 0.2) is 5.84 Å². The fourth-order valence-electron chi connectivity index (χ4n) is 0.839. The summed E-state index contributed by atoms with van der Waals surface area (Å²) < 4.78 is 0. The zero-order valence-electron chi connectivity index (χ0n) is 6.82. The third-order valence-electron chi connectivity index (χ3n) is 1.51. The molecular formula is C9H10N2O. The number of aliphatic imine (C=N–C) groups is 1. The number of carbonyl (C=O) groups is 1. The lowest BCUT2D eigenvalue weighted by molar-refractivity contribution is 0.106. The van der Waals surface area contributed by atoms with Crippen LogP contribution in [-0.4, -0.2) is 18.7 Å². The number of rotatable bonds is 2. The number of hydrogen-bond donors (Lipinski definition) is 1. The first-order valence-electron chi connectivity index (χ1n) is 3.57. The number of carbonyl (C=O) groups excluding carboxylic acids is 1. The van der Waals surface area contributed by atoms with Crippen LogP contribution < -0.4 is 5.73 Å². The SMILES string of the molecule is CN=C(N)C(=O)c1ccccc1. The summed E-state index contributed by atoms with van der Waals surface area (Å²) in [4.78, 5) is 14.9. The second-order valence-electron chi connectivity index (χ2n) is 2.30. The molecule has 0 fully saturated rings. The molecule has 1 aromatic rings. The highest BCUT2D eigenvalue weighted by molar-refractivity contribution is 6.44.